The molecule has 173 valence electrons. The SMILES string of the molecule is O=C(O)CC1(O)C(=O)OCOC(=O)C1O.O=C1OCOC(=O)C(O)(CCOO)C1O.[Y]. The van der Waals surface area contributed by atoms with Crippen LogP contribution in [0.15, 0.2) is 0 Å². The minimum atomic E-state index is -2.81. The molecule has 2 aliphatic heterocycles. The van der Waals surface area contributed by atoms with Crippen LogP contribution in [0.2, 0.25) is 0 Å². The number of hydrogen-bond donors (Lipinski definition) is 6. The van der Waals surface area contributed by atoms with Gasteiger partial charge in [-0.1, -0.05) is 0 Å². The number of ether oxygens (including phenoxy) is 4. The second kappa shape index (κ2) is 12.3. The summed E-state index contributed by atoms with van der Waals surface area (Å²) < 4.78 is 17.0. The van der Waals surface area contributed by atoms with Gasteiger partial charge in [0.1, 0.15) is 0 Å². The predicted octanol–water partition coefficient (Wildman–Crippen LogP) is -4.38. The Kier molecular flexibility index (Phi) is 11.6. The fraction of sp³-hybridized carbons (Fsp3) is 0.643. The maximum atomic E-state index is 11.2. The molecule has 31 heavy (non-hydrogen) atoms. The molecule has 17 heteroatoms. The molecular formula is C14H18O16Y. The Morgan fingerprint density at radius 3 is 1.74 bits per heavy atom. The van der Waals surface area contributed by atoms with Crippen LogP contribution < -0.4 is 0 Å². The average molecular weight is 531 g/mol. The number of carboxylic acid groups (broad SMARTS) is 1. The van der Waals surface area contributed by atoms with E-state index in [0.717, 1.165) is 0 Å². The van der Waals surface area contributed by atoms with Gasteiger partial charge in [0.25, 0.3) is 0 Å². The van der Waals surface area contributed by atoms with Gasteiger partial charge in [-0.15, -0.1) is 0 Å². The van der Waals surface area contributed by atoms with E-state index in [-0.39, 0.29) is 32.7 Å². The Balaban J connectivity index is 0.000000562. The van der Waals surface area contributed by atoms with Crippen molar-refractivity contribution < 1.29 is 111 Å². The summed E-state index contributed by atoms with van der Waals surface area (Å²) in [6.07, 6.45) is -5.99. The quantitative estimate of drug-likeness (QED) is 0.111. The van der Waals surface area contributed by atoms with Crippen LogP contribution in [0.5, 0.6) is 0 Å². The van der Waals surface area contributed by atoms with Gasteiger partial charge in [-0.05, 0) is 0 Å². The average Bonchev–Trinajstić information content (AvgIpc) is 2.83. The molecule has 0 bridgehead atoms. The molecule has 0 aromatic rings. The van der Waals surface area contributed by atoms with Crippen molar-refractivity contribution >= 4 is 29.8 Å². The molecule has 1 radical (unpaired) electrons. The summed E-state index contributed by atoms with van der Waals surface area (Å²) in [5.74, 6) is -6.68. The maximum absolute atomic E-state index is 11.2. The Bertz CT molecular complexity index is 696. The third kappa shape index (κ3) is 7.11. The van der Waals surface area contributed by atoms with Gasteiger partial charge in [0.2, 0.25) is 24.8 Å². The van der Waals surface area contributed by atoms with Gasteiger partial charge in [-0.25, -0.2) is 24.1 Å². The van der Waals surface area contributed by atoms with Crippen molar-refractivity contribution in [3.8, 4) is 0 Å². The first-order valence-electron chi connectivity index (χ1n) is 7.87. The summed E-state index contributed by atoms with van der Waals surface area (Å²) in [4.78, 5) is 58.2. The minimum Gasteiger partial charge on any atom is -0.481 e. The second-order valence-corrected chi connectivity index (χ2v) is 5.83. The fourth-order valence-electron chi connectivity index (χ4n) is 2.14. The van der Waals surface area contributed by atoms with E-state index in [1.54, 1.807) is 0 Å². The topological polar surface area (TPSA) is 253 Å². The minimum absolute atomic E-state index is 0. The standard InChI is InChI=1S/C7H8O8.C7H10O8.Y/c8-3(9)1-7(13)4(10)5(11)14-2-15-6(7)12;8-4-5(9)13-3-14-6(10)7(4,11)1-2-15-12;/h4,10,13H,1-2H2,(H,8,9);4,8,11-12H,1-3H2;. The van der Waals surface area contributed by atoms with Gasteiger partial charge in [-0.2, -0.15) is 0 Å². The van der Waals surface area contributed by atoms with E-state index in [2.05, 4.69) is 23.8 Å². The molecule has 0 aliphatic carbocycles. The number of carboxylic acids is 1. The number of esters is 4. The molecule has 16 nitrogen and oxygen atoms in total. The zero-order chi connectivity index (χ0) is 23.1. The third-order valence-corrected chi connectivity index (χ3v) is 3.84. The molecule has 6 N–H and O–H groups in total. The number of aliphatic hydroxyl groups is 4. The first-order chi connectivity index (χ1) is 13.9. The van der Waals surface area contributed by atoms with E-state index < -0.39 is 86.3 Å². The number of carbonyl (C=O) groups is 5. The summed E-state index contributed by atoms with van der Waals surface area (Å²) >= 11 is 0. The molecule has 0 aromatic heterocycles. The van der Waals surface area contributed by atoms with Gasteiger partial charge in [-0.3, -0.25) is 10.1 Å². The zero-order valence-corrected chi connectivity index (χ0v) is 18.4. The molecule has 2 heterocycles. The Morgan fingerprint density at radius 2 is 1.32 bits per heavy atom. The van der Waals surface area contributed by atoms with Crippen LogP contribution in [0.3, 0.4) is 0 Å². The van der Waals surface area contributed by atoms with E-state index in [0.29, 0.717) is 0 Å². The van der Waals surface area contributed by atoms with Gasteiger partial charge in [0.15, 0.2) is 12.2 Å². The molecule has 2 rings (SSSR count). The van der Waals surface area contributed by atoms with Crippen molar-refractivity contribution in [1.82, 2.24) is 0 Å². The molecule has 0 aromatic carbocycles. The van der Waals surface area contributed by atoms with Crippen LogP contribution in [0.1, 0.15) is 12.8 Å². The van der Waals surface area contributed by atoms with Crippen molar-refractivity contribution in [1.29, 1.82) is 0 Å². The van der Waals surface area contributed by atoms with E-state index in [1.165, 1.54) is 0 Å². The monoisotopic (exact) mass is 531 g/mol. The number of rotatable bonds is 5. The molecule has 4 atom stereocenters. The molecule has 2 aliphatic rings. The van der Waals surface area contributed by atoms with E-state index in [1.807, 2.05) is 0 Å². The van der Waals surface area contributed by atoms with Crippen molar-refractivity contribution in [2.45, 2.75) is 36.3 Å². The van der Waals surface area contributed by atoms with Crippen LogP contribution in [0.25, 0.3) is 0 Å². The number of aliphatic carboxylic acids is 1. The second-order valence-electron chi connectivity index (χ2n) is 5.83. The summed E-state index contributed by atoms with van der Waals surface area (Å²) in [6, 6.07) is 0. The Hall–Kier alpha value is -1.79. The smallest absolute Gasteiger partial charge is 0.345 e. The number of cyclic esters (lactones) is 4. The predicted molar refractivity (Wildman–Crippen MR) is 81.5 cm³/mol. The van der Waals surface area contributed by atoms with Crippen LogP contribution in [0, 0.1) is 0 Å². The van der Waals surface area contributed by atoms with E-state index in [4.69, 9.17) is 10.4 Å². The normalized spacial score (nSPS) is 30.6. The first-order valence-corrected chi connectivity index (χ1v) is 7.87. The van der Waals surface area contributed by atoms with Crippen molar-refractivity contribution in [2.24, 2.45) is 0 Å². The molecular weight excluding hydrogens is 513 g/mol. The Labute approximate surface area is 197 Å². The fourth-order valence-corrected chi connectivity index (χ4v) is 2.14. The third-order valence-electron chi connectivity index (χ3n) is 3.84. The summed E-state index contributed by atoms with van der Waals surface area (Å²) in [7, 11) is 0. The largest absolute Gasteiger partial charge is 0.481 e. The number of hydrogen-bond acceptors (Lipinski definition) is 15. The summed E-state index contributed by atoms with van der Waals surface area (Å²) in [5.41, 5.74) is -5.27. The number of carbonyl (C=O) groups excluding carboxylic acids is 4. The van der Waals surface area contributed by atoms with E-state index >= 15 is 0 Å². The molecule has 2 saturated heterocycles. The maximum Gasteiger partial charge on any atom is 0.345 e. The van der Waals surface area contributed by atoms with Crippen LogP contribution >= 0.6 is 0 Å². The summed E-state index contributed by atoms with van der Waals surface area (Å²) in [6.45, 7) is -1.89. The van der Waals surface area contributed by atoms with Gasteiger partial charge < -0.3 is 44.5 Å². The van der Waals surface area contributed by atoms with Crippen LogP contribution in [-0.4, -0.2) is 104 Å². The van der Waals surface area contributed by atoms with Gasteiger partial charge >= 0.3 is 29.8 Å². The molecule has 0 spiro atoms. The zero-order valence-electron chi connectivity index (χ0n) is 15.5. The number of aliphatic hydroxyl groups excluding tert-OH is 2. The first kappa shape index (κ1) is 29.2. The van der Waals surface area contributed by atoms with E-state index in [9.17, 15) is 44.4 Å². The molecule has 4 unspecified atom stereocenters. The van der Waals surface area contributed by atoms with Gasteiger partial charge in [0, 0.05) is 39.1 Å². The van der Waals surface area contributed by atoms with Crippen molar-refractivity contribution in [3.05, 3.63) is 0 Å². The summed E-state index contributed by atoms with van der Waals surface area (Å²) in [5, 5.41) is 54.2. The molecule has 2 fully saturated rings. The van der Waals surface area contributed by atoms with Gasteiger partial charge in [0.05, 0.1) is 13.0 Å². The van der Waals surface area contributed by atoms with Crippen molar-refractivity contribution in [2.75, 3.05) is 20.2 Å². The van der Waals surface area contributed by atoms with Crippen molar-refractivity contribution in [3.63, 3.8) is 0 Å². The van der Waals surface area contributed by atoms with Crippen LogP contribution in [-0.2, 0) is 80.5 Å². The Morgan fingerprint density at radius 1 is 0.903 bits per heavy atom. The molecule has 0 amide bonds. The van der Waals surface area contributed by atoms with Crippen LogP contribution in [0.4, 0.5) is 0 Å². The molecule has 0 saturated carbocycles.